The number of benzene rings is 2. The molecule has 162 valence electrons. The maximum absolute atomic E-state index is 13.8. The van der Waals surface area contributed by atoms with Gasteiger partial charge >= 0.3 is 12.1 Å². The van der Waals surface area contributed by atoms with E-state index in [0.29, 0.717) is 0 Å². The van der Waals surface area contributed by atoms with Crippen LogP contribution in [0.4, 0.5) is 13.2 Å². The highest BCUT2D eigenvalue weighted by Crippen LogP contribution is 2.36. The van der Waals surface area contributed by atoms with Crippen LogP contribution in [0, 0.1) is 0 Å². The average Bonchev–Trinajstić information content (AvgIpc) is 2.71. The second-order valence-corrected chi connectivity index (χ2v) is 6.97. The Hall–Kier alpha value is -2.42. The van der Waals surface area contributed by atoms with Crippen LogP contribution in [-0.2, 0) is 37.0 Å². The van der Waals surface area contributed by atoms with Gasteiger partial charge in [-0.3, -0.25) is 4.79 Å². The molecule has 0 bridgehead atoms. The van der Waals surface area contributed by atoms with E-state index in [9.17, 15) is 18.0 Å². The van der Waals surface area contributed by atoms with Crippen molar-refractivity contribution in [2.75, 3.05) is 0 Å². The maximum Gasteiger partial charge on any atom is 0.417 e. The third-order valence-corrected chi connectivity index (χ3v) is 4.60. The fourth-order valence-electron chi connectivity index (χ4n) is 3.24. The summed E-state index contributed by atoms with van der Waals surface area (Å²) >= 11 is 0. The molecule has 1 heterocycles. The van der Waals surface area contributed by atoms with Gasteiger partial charge in [0.05, 0.1) is 19.3 Å². The predicted molar refractivity (Wildman–Crippen MR) is 101 cm³/mol. The summed E-state index contributed by atoms with van der Waals surface area (Å²) < 4.78 is 62.7. The summed E-state index contributed by atoms with van der Waals surface area (Å²) in [6.45, 7) is 1.17. The number of alkyl halides is 3. The Morgan fingerprint density at radius 1 is 0.967 bits per heavy atom. The van der Waals surface area contributed by atoms with Crippen LogP contribution in [0.5, 0.6) is 0 Å². The molecule has 1 fully saturated rings. The molecule has 0 spiro atoms. The van der Waals surface area contributed by atoms with Crippen LogP contribution in [0.15, 0.2) is 60.7 Å². The number of hydrogen-bond acceptors (Lipinski definition) is 5. The van der Waals surface area contributed by atoms with E-state index in [1.54, 1.807) is 30.3 Å². The second kappa shape index (κ2) is 10.1. The van der Waals surface area contributed by atoms with Crippen LogP contribution in [0.2, 0.25) is 0 Å². The van der Waals surface area contributed by atoms with Crippen LogP contribution in [0.1, 0.15) is 24.5 Å². The lowest BCUT2D eigenvalue weighted by Gasteiger charge is -2.41. The second-order valence-electron chi connectivity index (χ2n) is 6.97. The fraction of sp³-hybridized carbons (Fsp3) is 0.409. The zero-order valence-electron chi connectivity index (χ0n) is 16.4. The van der Waals surface area contributed by atoms with E-state index < -0.39 is 36.7 Å². The first-order chi connectivity index (χ1) is 14.3. The lowest BCUT2D eigenvalue weighted by molar-refractivity contribution is -0.333. The Morgan fingerprint density at radius 2 is 1.50 bits per heavy atom. The van der Waals surface area contributed by atoms with Gasteiger partial charge in [0, 0.05) is 13.3 Å². The number of ether oxygens (including phenoxy) is 4. The zero-order valence-corrected chi connectivity index (χ0v) is 16.4. The number of rotatable bonds is 7. The highest BCUT2D eigenvalue weighted by Gasteiger charge is 2.54. The van der Waals surface area contributed by atoms with Crippen LogP contribution in [0.25, 0.3) is 0 Å². The van der Waals surface area contributed by atoms with Crippen LogP contribution in [0.3, 0.4) is 0 Å². The standard InChI is InChI=1S/C22H23F3O5/c1-15(26)29-19-12-18(27-13-16-8-4-2-5-9-16)20(21(30-19)22(23,24)25)28-14-17-10-6-3-7-11-17/h2-11,18-21H,12-14H2,1H3/t18-,19+,20-,21+/m1/s1. The van der Waals surface area contributed by atoms with Gasteiger partial charge in [-0.05, 0) is 11.1 Å². The van der Waals surface area contributed by atoms with E-state index in [0.717, 1.165) is 18.1 Å². The Kier molecular flexibility index (Phi) is 7.47. The summed E-state index contributed by atoms with van der Waals surface area (Å²) in [6.07, 6.45) is -10.9. The molecule has 2 aromatic rings. The molecule has 1 aliphatic rings. The van der Waals surface area contributed by atoms with E-state index >= 15 is 0 Å². The minimum atomic E-state index is -4.73. The zero-order chi connectivity index (χ0) is 21.6. The van der Waals surface area contributed by atoms with Gasteiger partial charge in [0.15, 0.2) is 6.10 Å². The van der Waals surface area contributed by atoms with Gasteiger partial charge in [-0.25, -0.2) is 0 Å². The van der Waals surface area contributed by atoms with Gasteiger partial charge in [0.2, 0.25) is 6.29 Å². The molecule has 2 aromatic carbocycles. The van der Waals surface area contributed by atoms with Crippen molar-refractivity contribution in [3.05, 3.63) is 71.8 Å². The smallest absolute Gasteiger partial charge is 0.417 e. The van der Waals surface area contributed by atoms with Crippen molar-refractivity contribution in [3.8, 4) is 0 Å². The Labute approximate surface area is 172 Å². The Morgan fingerprint density at radius 3 is 2.00 bits per heavy atom. The first kappa shape index (κ1) is 22.3. The van der Waals surface area contributed by atoms with Crippen molar-refractivity contribution in [1.82, 2.24) is 0 Å². The van der Waals surface area contributed by atoms with Crippen molar-refractivity contribution < 1.29 is 36.9 Å². The van der Waals surface area contributed by atoms with Gasteiger partial charge < -0.3 is 18.9 Å². The highest BCUT2D eigenvalue weighted by molar-refractivity contribution is 5.66. The summed E-state index contributed by atoms with van der Waals surface area (Å²) in [6, 6.07) is 17.9. The fourth-order valence-corrected chi connectivity index (χ4v) is 3.24. The van der Waals surface area contributed by atoms with E-state index in [1.165, 1.54) is 0 Å². The molecule has 0 aromatic heterocycles. The third kappa shape index (κ3) is 6.29. The molecule has 3 rings (SSSR count). The molecule has 1 aliphatic heterocycles. The molecule has 0 amide bonds. The molecule has 0 radical (unpaired) electrons. The average molecular weight is 424 g/mol. The van der Waals surface area contributed by atoms with Crippen LogP contribution in [-0.4, -0.2) is 36.7 Å². The van der Waals surface area contributed by atoms with E-state index in [4.69, 9.17) is 18.9 Å². The van der Waals surface area contributed by atoms with Crippen molar-refractivity contribution in [3.63, 3.8) is 0 Å². The summed E-state index contributed by atoms with van der Waals surface area (Å²) in [5, 5.41) is 0. The van der Waals surface area contributed by atoms with Crippen molar-refractivity contribution in [1.29, 1.82) is 0 Å². The number of halogens is 3. The molecule has 5 nitrogen and oxygen atoms in total. The first-order valence-electron chi connectivity index (χ1n) is 9.53. The minimum Gasteiger partial charge on any atom is -0.436 e. The molecular formula is C22H23F3O5. The monoisotopic (exact) mass is 424 g/mol. The molecule has 0 N–H and O–H groups in total. The van der Waals surface area contributed by atoms with Gasteiger partial charge in [-0.2, -0.15) is 13.2 Å². The molecule has 0 unspecified atom stereocenters. The third-order valence-electron chi connectivity index (χ3n) is 4.60. The van der Waals surface area contributed by atoms with Gasteiger partial charge in [0.1, 0.15) is 6.10 Å². The molecular weight excluding hydrogens is 401 g/mol. The number of carbonyl (C=O) groups excluding carboxylic acids is 1. The molecule has 30 heavy (non-hydrogen) atoms. The van der Waals surface area contributed by atoms with E-state index in [-0.39, 0.29) is 19.6 Å². The topological polar surface area (TPSA) is 54.0 Å². The quantitative estimate of drug-likeness (QED) is 0.617. The highest BCUT2D eigenvalue weighted by atomic mass is 19.4. The van der Waals surface area contributed by atoms with Crippen LogP contribution < -0.4 is 0 Å². The molecule has 0 saturated carbocycles. The van der Waals surface area contributed by atoms with Crippen molar-refractivity contribution in [2.45, 2.75) is 57.3 Å². The van der Waals surface area contributed by atoms with Crippen molar-refractivity contribution >= 4 is 5.97 Å². The summed E-state index contributed by atoms with van der Waals surface area (Å²) in [4.78, 5) is 11.3. The van der Waals surface area contributed by atoms with E-state index in [2.05, 4.69) is 0 Å². The van der Waals surface area contributed by atoms with Crippen molar-refractivity contribution in [2.24, 2.45) is 0 Å². The van der Waals surface area contributed by atoms with Crippen LogP contribution >= 0.6 is 0 Å². The van der Waals surface area contributed by atoms with Gasteiger partial charge in [0.25, 0.3) is 0 Å². The SMILES string of the molecule is CC(=O)O[C@@H]1C[C@@H](OCc2ccccc2)[C@@H](OCc2ccccc2)[C@@H](C(F)(F)F)O1. The minimum absolute atomic E-state index is 0.0368. The van der Waals surface area contributed by atoms with Gasteiger partial charge in [-0.15, -0.1) is 0 Å². The Balaban J connectivity index is 1.79. The molecule has 0 aliphatic carbocycles. The molecule has 4 atom stereocenters. The summed E-state index contributed by atoms with van der Waals surface area (Å²) in [7, 11) is 0. The normalized spacial score (nSPS) is 24.4. The largest absolute Gasteiger partial charge is 0.436 e. The number of hydrogen-bond donors (Lipinski definition) is 0. The lowest BCUT2D eigenvalue weighted by atomic mass is 10.00. The van der Waals surface area contributed by atoms with Gasteiger partial charge in [-0.1, -0.05) is 60.7 Å². The number of carbonyl (C=O) groups is 1. The molecule has 1 saturated heterocycles. The first-order valence-corrected chi connectivity index (χ1v) is 9.53. The Bertz CT molecular complexity index is 797. The predicted octanol–water partition coefficient (Wildman–Crippen LogP) is 4.40. The van der Waals surface area contributed by atoms with E-state index in [1.807, 2.05) is 30.3 Å². The lowest BCUT2D eigenvalue weighted by Crippen LogP contribution is -2.57. The summed E-state index contributed by atoms with van der Waals surface area (Å²) in [5.41, 5.74) is 1.53. The maximum atomic E-state index is 13.8. The summed E-state index contributed by atoms with van der Waals surface area (Å²) in [5.74, 6) is -0.730. The number of esters is 1. The molecule has 8 heteroatoms.